The molecular weight excluding hydrogens is 368 g/mol. The van der Waals surface area contributed by atoms with Crippen LogP contribution < -0.4 is 5.32 Å². The number of ether oxygens (including phenoxy) is 1. The summed E-state index contributed by atoms with van der Waals surface area (Å²) in [5, 5.41) is 3.93. The summed E-state index contributed by atoms with van der Waals surface area (Å²) in [6, 6.07) is 7.92. The van der Waals surface area contributed by atoms with Crippen molar-refractivity contribution in [1.29, 1.82) is 0 Å². The Labute approximate surface area is 173 Å². The maximum Gasteiger partial charge on any atom is 0.410 e. The summed E-state index contributed by atoms with van der Waals surface area (Å²) < 4.78 is 7.50. The maximum atomic E-state index is 12.3. The van der Waals surface area contributed by atoms with Crippen molar-refractivity contribution in [3.8, 4) is 0 Å². The molecule has 0 unspecified atom stereocenters. The summed E-state index contributed by atoms with van der Waals surface area (Å²) in [7, 11) is 1.55. The lowest BCUT2D eigenvalue weighted by Crippen LogP contribution is -2.38. The summed E-state index contributed by atoms with van der Waals surface area (Å²) in [4.78, 5) is 28.0. The number of hydrogen-bond acceptors (Lipinski definition) is 4. The maximum absolute atomic E-state index is 12.3. The molecule has 0 saturated carbocycles. The van der Waals surface area contributed by atoms with Crippen LogP contribution in [0.25, 0.3) is 10.9 Å². The van der Waals surface area contributed by atoms with Gasteiger partial charge in [0.25, 0.3) is 0 Å². The number of carbonyl (C=O) groups excluding carboxylic acids is 2. The zero-order valence-corrected chi connectivity index (χ0v) is 18.5. The van der Waals surface area contributed by atoms with Crippen molar-refractivity contribution in [2.24, 2.45) is 0 Å². The topological polar surface area (TPSA) is 66.8 Å². The van der Waals surface area contributed by atoms with Crippen LogP contribution in [0.3, 0.4) is 0 Å². The van der Waals surface area contributed by atoms with E-state index in [0.29, 0.717) is 5.69 Å². The molecule has 0 aliphatic heterocycles. The zero-order chi connectivity index (χ0) is 21.6. The highest BCUT2D eigenvalue weighted by molar-refractivity contribution is 5.96. The zero-order valence-electron chi connectivity index (χ0n) is 18.5. The molecule has 0 spiro atoms. The highest BCUT2D eigenvalue weighted by Gasteiger charge is 2.21. The van der Waals surface area contributed by atoms with Gasteiger partial charge in [0.05, 0.1) is 0 Å². The van der Waals surface area contributed by atoms with Gasteiger partial charge in [-0.05, 0) is 58.1 Å². The van der Waals surface area contributed by atoms with Crippen LogP contribution in [0.1, 0.15) is 34.6 Å². The number of nitrogens with one attached hydrogen (secondary N) is 1. The lowest BCUT2D eigenvalue weighted by Gasteiger charge is -2.24. The number of likely N-dealkylation sites (N-methyl/N-ethyl adjacent to an activating group) is 2. The van der Waals surface area contributed by atoms with Crippen LogP contribution >= 0.6 is 0 Å². The third-order valence-corrected chi connectivity index (χ3v) is 4.69. The quantitative estimate of drug-likeness (QED) is 0.730. The SMILES string of the molecule is CCN(CC)CCn1ccc2cc(NC(=O)CN(C)C(=O)OC(C)(C)C)ccc21. The van der Waals surface area contributed by atoms with Crippen molar-refractivity contribution < 1.29 is 14.3 Å². The molecule has 7 heteroatoms. The molecule has 0 aliphatic rings. The standard InChI is InChI=1S/C22H34N4O3/c1-7-25(8-2)13-14-26-12-11-17-15-18(9-10-19(17)26)23-20(27)16-24(6)21(28)29-22(3,4)5/h9-12,15H,7-8,13-14,16H2,1-6H3,(H,23,27). The molecule has 0 fully saturated rings. The van der Waals surface area contributed by atoms with E-state index in [2.05, 4.69) is 40.9 Å². The normalized spacial score (nSPS) is 11.7. The second kappa shape index (κ2) is 9.78. The van der Waals surface area contributed by atoms with Crippen molar-refractivity contribution in [3.05, 3.63) is 30.5 Å². The minimum Gasteiger partial charge on any atom is -0.444 e. The summed E-state index contributed by atoms with van der Waals surface area (Å²) in [6.07, 6.45) is 1.56. The first-order chi connectivity index (χ1) is 13.6. The van der Waals surface area contributed by atoms with Crippen molar-refractivity contribution >= 4 is 28.6 Å². The van der Waals surface area contributed by atoms with Crippen molar-refractivity contribution in [2.75, 3.05) is 38.5 Å². The van der Waals surface area contributed by atoms with Gasteiger partial charge < -0.3 is 24.4 Å². The number of anilines is 1. The molecule has 0 bridgehead atoms. The Kier molecular flexibility index (Phi) is 7.67. The molecule has 29 heavy (non-hydrogen) atoms. The third-order valence-electron chi connectivity index (χ3n) is 4.69. The molecule has 7 nitrogen and oxygen atoms in total. The molecule has 1 heterocycles. The van der Waals surface area contributed by atoms with E-state index in [0.717, 1.165) is 37.1 Å². The average molecular weight is 403 g/mol. The van der Waals surface area contributed by atoms with Gasteiger partial charge in [0.2, 0.25) is 5.91 Å². The average Bonchev–Trinajstić information content (AvgIpc) is 3.03. The van der Waals surface area contributed by atoms with Crippen molar-refractivity contribution in [1.82, 2.24) is 14.4 Å². The van der Waals surface area contributed by atoms with Gasteiger partial charge in [0, 0.05) is 42.9 Å². The van der Waals surface area contributed by atoms with Crippen LogP contribution in [0.5, 0.6) is 0 Å². The van der Waals surface area contributed by atoms with Gasteiger partial charge >= 0.3 is 6.09 Å². The van der Waals surface area contributed by atoms with Gasteiger partial charge in [0.1, 0.15) is 12.1 Å². The summed E-state index contributed by atoms with van der Waals surface area (Å²) in [5.41, 5.74) is 1.26. The molecule has 0 atom stereocenters. The molecular formula is C22H34N4O3. The molecule has 0 saturated heterocycles. The number of fused-ring (bicyclic) bond motifs is 1. The van der Waals surface area contributed by atoms with E-state index in [-0.39, 0.29) is 12.5 Å². The molecule has 0 radical (unpaired) electrons. The first-order valence-corrected chi connectivity index (χ1v) is 10.2. The first-order valence-electron chi connectivity index (χ1n) is 10.2. The number of nitrogens with zero attached hydrogens (tertiary/aromatic N) is 3. The molecule has 2 aromatic rings. The minimum atomic E-state index is -0.592. The Morgan fingerprint density at radius 3 is 2.45 bits per heavy atom. The number of aromatic nitrogens is 1. The Morgan fingerprint density at radius 2 is 1.83 bits per heavy atom. The lowest BCUT2D eigenvalue weighted by atomic mass is 10.2. The monoisotopic (exact) mass is 402 g/mol. The Bertz CT molecular complexity index is 834. The summed E-state index contributed by atoms with van der Waals surface area (Å²) in [6.45, 7) is 13.7. The van der Waals surface area contributed by atoms with Crippen LogP contribution in [0.2, 0.25) is 0 Å². The van der Waals surface area contributed by atoms with Gasteiger partial charge in [0.15, 0.2) is 0 Å². The van der Waals surface area contributed by atoms with Crippen LogP contribution in [0, 0.1) is 0 Å². The summed E-state index contributed by atoms with van der Waals surface area (Å²) in [5.74, 6) is -0.265. The molecule has 160 valence electrons. The number of hydrogen-bond donors (Lipinski definition) is 1. The first kappa shape index (κ1) is 22.7. The van der Waals surface area contributed by atoms with Gasteiger partial charge in [-0.3, -0.25) is 4.79 Å². The Hall–Kier alpha value is -2.54. The minimum absolute atomic E-state index is 0.0716. The summed E-state index contributed by atoms with van der Waals surface area (Å²) >= 11 is 0. The van der Waals surface area contributed by atoms with Crippen LogP contribution in [-0.2, 0) is 16.1 Å². The van der Waals surface area contributed by atoms with E-state index in [1.54, 1.807) is 27.8 Å². The second-order valence-electron chi connectivity index (χ2n) is 8.19. The molecule has 1 aromatic carbocycles. The van der Waals surface area contributed by atoms with E-state index in [1.165, 1.54) is 4.90 Å². The van der Waals surface area contributed by atoms with Crippen LogP contribution in [-0.4, -0.2) is 65.2 Å². The van der Waals surface area contributed by atoms with E-state index in [9.17, 15) is 9.59 Å². The van der Waals surface area contributed by atoms with Gasteiger partial charge in [-0.25, -0.2) is 4.79 Å². The van der Waals surface area contributed by atoms with Gasteiger partial charge in [-0.2, -0.15) is 0 Å². The van der Waals surface area contributed by atoms with Gasteiger partial charge in [-0.15, -0.1) is 0 Å². The van der Waals surface area contributed by atoms with E-state index in [1.807, 2.05) is 18.2 Å². The number of carbonyl (C=O) groups is 2. The largest absolute Gasteiger partial charge is 0.444 e. The number of amides is 2. The fourth-order valence-corrected chi connectivity index (χ4v) is 3.08. The van der Waals surface area contributed by atoms with E-state index >= 15 is 0 Å². The predicted octanol–water partition coefficient (Wildman–Crippen LogP) is 3.79. The number of benzene rings is 1. The smallest absolute Gasteiger partial charge is 0.410 e. The van der Waals surface area contributed by atoms with Gasteiger partial charge in [-0.1, -0.05) is 13.8 Å². The second-order valence-corrected chi connectivity index (χ2v) is 8.19. The molecule has 2 rings (SSSR count). The molecule has 1 aromatic heterocycles. The fraction of sp³-hybridized carbons (Fsp3) is 0.545. The molecule has 2 amide bonds. The van der Waals surface area contributed by atoms with Crippen molar-refractivity contribution in [3.63, 3.8) is 0 Å². The van der Waals surface area contributed by atoms with E-state index < -0.39 is 11.7 Å². The lowest BCUT2D eigenvalue weighted by molar-refractivity contribution is -0.117. The highest BCUT2D eigenvalue weighted by Crippen LogP contribution is 2.21. The highest BCUT2D eigenvalue weighted by atomic mass is 16.6. The van der Waals surface area contributed by atoms with Crippen molar-refractivity contribution in [2.45, 2.75) is 46.8 Å². The molecule has 0 aliphatic carbocycles. The third kappa shape index (κ3) is 6.78. The van der Waals surface area contributed by atoms with Crippen LogP contribution in [0.4, 0.5) is 10.5 Å². The van der Waals surface area contributed by atoms with E-state index in [4.69, 9.17) is 4.74 Å². The molecule has 1 N–H and O–H groups in total. The fourth-order valence-electron chi connectivity index (χ4n) is 3.08. The number of rotatable bonds is 8. The Balaban J connectivity index is 1.97. The van der Waals surface area contributed by atoms with Crippen LogP contribution in [0.15, 0.2) is 30.5 Å². The Morgan fingerprint density at radius 1 is 1.14 bits per heavy atom. The predicted molar refractivity (Wildman–Crippen MR) is 117 cm³/mol.